The number of carboxylic acids is 1. The maximum Gasteiger partial charge on any atom is 0.337 e. The van der Waals surface area contributed by atoms with Crippen LogP contribution in [0.4, 0.5) is 0 Å². The summed E-state index contributed by atoms with van der Waals surface area (Å²) in [5.74, 6) is -0.339. The second kappa shape index (κ2) is 9.18. The number of carbonyl (C=O) groups is 1. The molecule has 0 aliphatic carbocycles. The number of hydrogen-bond acceptors (Lipinski definition) is 5. The Bertz CT molecular complexity index is 939. The lowest BCUT2D eigenvalue weighted by Gasteiger charge is -2.16. The Balaban J connectivity index is 1.97. The molecule has 2 aromatic rings. The van der Waals surface area contributed by atoms with E-state index in [0.717, 1.165) is 5.56 Å². The molecule has 0 fully saturated rings. The maximum absolute atomic E-state index is 12.4. The number of aliphatic hydroxyl groups is 1. The van der Waals surface area contributed by atoms with Gasteiger partial charge in [-0.15, -0.1) is 0 Å². The predicted molar refractivity (Wildman–Crippen MR) is 105 cm³/mol. The third-order valence-electron chi connectivity index (χ3n) is 4.21. The Hall–Kier alpha value is -2.42. The number of aliphatic hydroxyl groups excluding tert-OH is 1. The van der Waals surface area contributed by atoms with Gasteiger partial charge in [-0.3, -0.25) is 0 Å². The van der Waals surface area contributed by atoms with Gasteiger partial charge >= 0.3 is 5.97 Å². The topological polar surface area (TPSA) is 113 Å². The smallest absolute Gasteiger partial charge is 0.337 e. The summed E-state index contributed by atoms with van der Waals surface area (Å²) in [6, 6.07) is 11.1. The molecule has 2 aromatic carbocycles. The van der Waals surface area contributed by atoms with E-state index >= 15 is 0 Å². The summed E-state index contributed by atoms with van der Waals surface area (Å²) in [5.41, 5.74) is 1.77. The third kappa shape index (κ3) is 5.54. The van der Waals surface area contributed by atoms with Gasteiger partial charge in [0.15, 0.2) is 0 Å². The summed E-state index contributed by atoms with van der Waals surface area (Å²) in [4.78, 5) is 10.9. The highest BCUT2D eigenvalue weighted by Crippen LogP contribution is 2.23. The Morgan fingerprint density at radius 3 is 2.46 bits per heavy atom. The first-order valence-corrected chi connectivity index (χ1v) is 10.3. The molecule has 3 N–H and O–H groups in total. The number of benzene rings is 2. The van der Waals surface area contributed by atoms with Gasteiger partial charge in [0.1, 0.15) is 18.5 Å². The van der Waals surface area contributed by atoms with Gasteiger partial charge in [0, 0.05) is 6.54 Å². The summed E-state index contributed by atoms with van der Waals surface area (Å²) in [7, 11) is -4.08. The molecule has 0 heterocycles. The molecule has 1 unspecified atom stereocenters. The molecule has 0 aliphatic heterocycles. The standard InChI is InChI=1S/C20H25NO6S/c1-13(2)15-8-9-18(14(3)10-15)27-12-16(22)11-21-28(25,26)19-7-5-4-6-17(19)20(23)24/h4-10,13,16,21-22H,11-12H2,1-3H3,(H,23,24). The van der Waals surface area contributed by atoms with Gasteiger partial charge in [0.05, 0.1) is 10.5 Å². The molecule has 1 atom stereocenters. The molecule has 8 heteroatoms. The second-order valence-electron chi connectivity index (χ2n) is 6.80. The van der Waals surface area contributed by atoms with Gasteiger partial charge in [-0.25, -0.2) is 17.9 Å². The molecular weight excluding hydrogens is 382 g/mol. The SMILES string of the molecule is Cc1cc(C(C)C)ccc1OCC(O)CNS(=O)(=O)c1ccccc1C(=O)O. The molecule has 7 nitrogen and oxygen atoms in total. The van der Waals surface area contributed by atoms with E-state index in [0.29, 0.717) is 11.7 Å². The van der Waals surface area contributed by atoms with Crippen LogP contribution < -0.4 is 9.46 Å². The van der Waals surface area contributed by atoms with Crippen LogP contribution in [0.25, 0.3) is 0 Å². The van der Waals surface area contributed by atoms with E-state index in [-0.39, 0.29) is 23.6 Å². The molecule has 2 rings (SSSR count). The molecule has 28 heavy (non-hydrogen) atoms. The number of carboxylic acid groups (broad SMARTS) is 1. The van der Waals surface area contributed by atoms with Gasteiger partial charge in [-0.1, -0.05) is 38.1 Å². The normalized spacial score (nSPS) is 12.8. The first-order valence-electron chi connectivity index (χ1n) is 8.85. The minimum atomic E-state index is -4.08. The second-order valence-corrected chi connectivity index (χ2v) is 8.53. The van der Waals surface area contributed by atoms with Crippen molar-refractivity contribution in [3.8, 4) is 5.75 Å². The van der Waals surface area contributed by atoms with Crippen LogP contribution in [0, 0.1) is 6.92 Å². The quantitative estimate of drug-likeness (QED) is 0.589. The molecule has 152 valence electrons. The summed E-state index contributed by atoms with van der Waals surface area (Å²) in [5, 5.41) is 19.2. The lowest BCUT2D eigenvalue weighted by Crippen LogP contribution is -2.35. The van der Waals surface area contributed by atoms with Crippen LogP contribution in [-0.2, 0) is 10.0 Å². The van der Waals surface area contributed by atoms with Crippen molar-refractivity contribution < 1.29 is 28.2 Å². The van der Waals surface area contributed by atoms with Crippen LogP contribution in [-0.4, -0.2) is 43.9 Å². The zero-order valence-electron chi connectivity index (χ0n) is 16.0. The summed E-state index contributed by atoms with van der Waals surface area (Å²) < 4.78 is 32.5. The number of aryl methyl sites for hydroxylation is 1. The van der Waals surface area contributed by atoms with E-state index < -0.39 is 22.1 Å². The molecule has 0 saturated heterocycles. The van der Waals surface area contributed by atoms with E-state index in [4.69, 9.17) is 9.84 Å². The van der Waals surface area contributed by atoms with Gasteiger partial charge in [-0.05, 0) is 42.2 Å². The summed E-state index contributed by atoms with van der Waals surface area (Å²) in [6.45, 7) is 5.67. The van der Waals surface area contributed by atoms with Crippen LogP contribution >= 0.6 is 0 Å². The number of aromatic carboxylic acids is 1. The van der Waals surface area contributed by atoms with E-state index in [1.165, 1.54) is 29.8 Å². The lowest BCUT2D eigenvalue weighted by molar-refractivity contribution is 0.0692. The van der Waals surface area contributed by atoms with Gasteiger partial charge < -0.3 is 14.9 Å². The van der Waals surface area contributed by atoms with E-state index in [1.807, 2.05) is 25.1 Å². The fourth-order valence-electron chi connectivity index (χ4n) is 2.60. The Kier molecular flexibility index (Phi) is 7.17. The molecule has 0 amide bonds. The molecule has 0 spiro atoms. The Morgan fingerprint density at radius 2 is 1.86 bits per heavy atom. The Labute approximate surface area is 165 Å². The average molecular weight is 407 g/mol. The lowest BCUT2D eigenvalue weighted by atomic mass is 10.0. The highest BCUT2D eigenvalue weighted by Gasteiger charge is 2.22. The van der Waals surface area contributed by atoms with Crippen molar-refractivity contribution in [1.29, 1.82) is 0 Å². The van der Waals surface area contributed by atoms with E-state index in [1.54, 1.807) is 0 Å². The fourth-order valence-corrected chi connectivity index (χ4v) is 3.87. The van der Waals surface area contributed by atoms with Gasteiger partial charge in [-0.2, -0.15) is 0 Å². The summed E-state index contributed by atoms with van der Waals surface area (Å²) >= 11 is 0. The first-order chi connectivity index (χ1) is 13.1. The number of sulfonamides is 1. The largest absolute Gasteiger partial charge is 0.491 e. The molecule has 0 aliphatic rings. The number of rotatable bonds is 9. The third-order valence-corrected chi connectivity index (χ3v) is 5.69. The van der Waals surface area contributed by atoms with Crippen molar-refractivity contribution in [1.82, 2.24) is 4.72 Å². The van der Waals surface area contributed by atoms with Gasteiger partial charge in [0.25, 0.3) is 0 Å². The highest BCUT2D eigenvalue weighted by molar-refractivity contribution is 7.89. The molecule has 0 radical (unpaired) electrons. The molecule has 0 bridgehead atoms. The van der Waals surface area contributed by atoms with Crippen molar-refractivity contribution >= 4 is 16.0 Å². The van der Waals surface area contributed by atoms with Crippen LogP contribution in [0.5, 0.6) is 5.75 Å². The van der Waals surface area contributed by atoms with Crippen LogP contribution in [0.15, 0.2) is 47.4 Å². The van der Waals surface area contributed by atoms with Crippen molar-refractivity contribution in [2.75, 3.05) is 13.2 Å². The predicted octanol–water partition coefficient (Wildman–Crippen LogP) is 2.53. The first kappa shape index (κ1) is 21.9. The summed E-state index contributed by atoms with van der Waals surface area (Å²) in [6.07, 6.45) is -1.10. The van der Waals surface area contributed by atoms with Crippen LogP contribution in [0.1, 0.15) is 41.3 Å². The molecular formula is C20H25NO6S. The van der Waals surface area contributed by atoms with Crippen molar-refractivity contribution in [3.63, 3.8) is 0 Å². The molecule has 0 saturated carbocycles. The maximum atomic E-state index is 12.4. The number of hydrogen-bond donors (Lipinski definition) is 3. The van der Waals surface area contributed by atoms with Gasteiger partial charge in [0.2, 0.25) is 10.0 Å². The zero-order chi connectivity index (χ0) is 20.9. The van der Waals surface area contributed by atoms with Crippen molar-refractivity contribution in [2.24, 2.45) is 0 Å². The van der Waals surface area contributed by atoms with Crippen LogP contribution in [0.2, 0.25) is 0 Å². The zero-order valence-corrected chi connectivity index (χ0v) is 16.9. The minimum absolute atomic E-state index is 0.106. The fraction of sp³-hybridized carbons (Fsp3) is 0.350. The monoisotopic (exact) mass is 407 g/mol. The average Bonchev–Trinajstić information content (AvgIpc) is 2.65. The van der Waals surface area contributed by atoms with E-state index in [2.05, 4.69) is 18.6 Å². The number of nitrogens with one attached hydrogen (secondary N) is 1. The Morgan fingerprint density at radius 1 is 1.18 bits per heavy atom. The van der Waals surface area contributed by atoms with Crippen molar-refractivity contribution in [2.45, 2.75) is 37.7 Å². The minimum Gasteiger partial charge on any atom is -0.491 e. The van der Waals surface area contributed by atoms with Crippen LogP contribution in [0.3, 0.4) is 0 Å². The molecule has 0 aromatic heterocycles. The van der Waals surface area contributed by atoms with Crippen molar-refractivity contribution in [3.05, 3.63) is 59.2 Å². The van der Waals surface area contributed by atoms with E-state index in [9.17, 15) is 18.3 Å². The number of ether oxygens (including phenoxy) is 1. The highest BCUT2D eigenvalue weighted by atomic mass is 32.2.